The average molecular weight is 339 g/mol. The summed E-state index contributed by atoms with van der Waals surface area (Å²) in [6, 6.07) is 6.01. The predicted molar refractivity (Wildman–Crippen MR) is 87.7 cm³/mol. The molecule has 8 nitrogen and oxygen atoms in total. The van der Waals surface area contributed by atoms with E-state index >= 15 is 0 Å². The van der Waals surface area contributed by atoms with Crippen LogP contribution in [-0.4, -0.2) is 25.7 Å². The Labute approximate surface area is 146 Å². The number of nitrogens with one attached hydrogen (secondary N) is 1. The van der Waals surface area contributed by atoms with E-state index < -0.39 is 0 Å². The molecule has 3 N–H and O–H groups in total. The minimum Gasteiger partial charge on any atom is -0.466 e. The van der Waals surface area contributed by atoms with Crippen molar-refractivity contribution >= 4 is 17.6 Å². The van der Waals surface area contributed by atoms with Gasteiger partial charge in [0.2, 0.25) is 11.6 Å². The number of nitrogens with zero attached hydrogens (tertiary/aromatic N) is 4. The Balaban J connectivity index is 2.32. The highest BCUT2D eigenvalue weighted by Gasteiger charge is 2.32. The molecule has 0 spiro atoms. The second-order valence-corrected chi connectivity index (χ2v) is 5.69. The SMILES string of the molecule is CCOC(=O)C1CCN(c2[nH+]c(N)c(C#N)c(CC#N)c2C#N)CC1. The number of H-pyrrole nitrogens is 1. The fourth-order valence-corrected chi connectivity index (χ4v) is 3.02. The summed E-state index contributed by atoms with van der Waals surface area (Å²) >= 11 is 0. The van der Waals surface area contributed by atoms with Gasteiger partial charge in [0.1, 0.15) is 23.3 Å². The van der Waals surface area contributed by atoms with Gasteiger partial charge in [0.15, 0.2) is 0 Å². The third-order valence-corrected chi connectivity index (χ3v) is 4.27. The molecule has 0 bridgehead atoms. The number of nitriles is 3. The lowest BCUT2D eigenvalue weighted by atomic mass is 9.95. The number of hydrogen-bond donors (Lipinski definition) is 1. The zero-order valence-corrected chi connectivity index (χ0v) is 14.0. The molecule has 2 rings (SSSR count). The van der Waals surface area contributed by atoms with Crippen LogP contribution in [0, 0.1) is 39.9 Å². The van der Waals surface area contributed by atoms with Crippen molar-refractivity contribution in [3.63, 3.8) is 0 Å². The predicted octanol–water partition coefficient (Wildman–Crippen LogP) is 0.672. The van der Waals surface area contributed by atoms with Gasteiger partial charge in [-0.3, -0.25) is 9.69 Å². The third-order valence-electron chi connectivity index (χ3n) is 4.27. The van der Waals surface area contributed by atoms with E-state index in [9.17, 15) is 15.3 Å². The van der Waals surface area contributed by atoms with Crippen LogP contribution >= 0.6 is 0 Å². The summed E-state index contributed by atoms with van der Waals surface area (Å²) in [7, 11) is 0. The summed E-state index contributed by atoms with van der Waals surface area (Å²) in [6.07, 6.45) is 1.13. The Morgan fingerprint density at radius 3 is 2.44 bits per heavy atom. The number of aromatic nitrogens is 1. The van der Waals surface area contributed by atoms with E-state index in [1.165, 1.54) is 0 Å². The molecule has 1 saturated heterocycles. The van der Waals surface area contributed by atoms with Crippen molar-refractivity contribution < 1.29 is 14.5 Å². The van der Waals surface area contributed by atoms with Crippen LogP contribution < -0.4 is 15.6 Å². The molecule has 1 aliphatic heterocycles. The second-order valence-electron chi connectivity index (χ2n) is 5.69. The van der Waals surface area contributed by atoms with E-state index in [4.69, 9.17) is 15.7 Å². The molecule has 8 heteroatoms. The molecule has 1 aliphatic rings. The van der Waals surface area contributed by atoms with Gasteiger partial charge < -0.3 is 10.5 Å². The van der Waals surface area contributed by atoms with Crippen molar-refractivity contribution in [2.45, 2.75) is 26.2 Å². The van der Waals surface area contributed by atoms with Crippen molar-refractivity contribution in [2.24, 2.45) is 5.92 Å². The van der Waals surface area contributed by atoms with Gasteiger partial charge in [0, 0.05) is 5.56 Å². The number of carbonyl (C=O) groups excluding carboxylic acids is 1. The molecule has 1 aromatic rings. The van der Waals surface area contributed by atoms with E-state index in [-0.39, 0.29) is 35.3 Å². The van der Waals surface area contributed by atoms with Crippen LogP contribution in [0.1, 0.15) is 36.5 Å². The lowest BCUT2D eigenvalue weighted by Crippen LogP contribution is -2.41. The van der Waals surface area contributed by atoms with Crippen molar-refractivity contribution in [3.8, 4) is 18.2 Å². The summed E-state index contributed by atoms with van der Waals surface area (Å²) in [5, 5.41) is 27.8. The number of nitrogen functional groups attached to an aromatic ring is 1. The van der Waals surface area contributed by atoms with Crippen LogP contribution in [-0.2, 0) is 16.0 Å². The van der Waals surface area contributed by atoms with Crippen LogP contribution in [0.25, 0.3) is 0 Å². The van der Waals surface area contributed by atoms with Crippen LogP contribution in [0.4, 0.5) is 11.6 Å². The highest BCUT2D eigenvalue weighted by molar-refractivity contribution is 5.73. The smallest absolute Gasteiger partial charge is 0.309 e. The van der Waals surface area contributed by atoms with E-state index in [0.717, 1.165) is 0 Å². The van der Waals surface area contributed by atoms with Crippen LogP contribution in [0.5, 0.6) is 0 Å². The van der Waals surface area contributed by atoms with E-state index in [1.807, 2.05) is 17.0 Å². The minimum absolute atomic E-state index is 0.0725. The average Bonchev–Trinajstić information content (AvgIpc) is 2.62. The second kappa shape index (κ2) is 7.99. The summed E-state index contributed by atoms with van der Waals surface area (Å²) < 4.78 is 5.06. The van der Waals surface area contributed by atoms with Gasteiger partial charge in [0.05, 0.1) is 38.1 Å². The van der Waals surface area contributed by atoms with Gasteiger partial charge in [-0.2, -0.15) is 15.8 Å². The van der Waals surface area contributed by atoms with E-state index in [1.54, 1.807) is 6.92 Å². The molecule has 0 aliphatic carbocycles. The number of hydrogen-bond acceptors (Lipinski definition) is 7. The quantitative estimate of drug-likeness (QED) is 0.794. The number of piperidine rings is 1. The number of rotatable bonds is 4. The maximum atomic E-state index is 11.8. The van der Waals surface area contributed by atoms with Crippen molar-refractivity contribution in [3.05, 3.63) is 16.7 Å². The molecule has 2 heterocycles. The molecule has 0 unspecified atom stereocenters. The fourth-order valence-electron chi connectivity index (χ4n) is 3.02. The Kier molecular flexibility index (Phi) is 5.76. The largest absolute Gasteiger partial charge is 0.466 e. The molecular formula is C17H19N6O2+. The standard InChI is InChI=1S/C17H18N6O2/c1-2-25-17(24)11-4-7-23(8-5-11)16-14(10-20)12(3-6-18)13(9-19)15(21)22-16/h11H,2-5,7-8H2,1H3,(H2,21,22)/p+1. The highest BCUT2D eigenvalue weighted by Crippen LogP contribution is 2.28. The van der Waals surface area contributed by atoms with Gasteiger partial charge in [-0.1, -0.05) is 0 Å². The fraction of sp³-hybridized carbons (Fsp3) is 0.471. The Hall–Kier alpha value is -3.31. The molecule has 0 aromatic carbocycles. The van der Waals surface area contributed by atoms with Crippen LogP contribution in [0.15, 0.2) is 0 Å². The lowest BCUT2D eigenvalue weighted by Gasteiger charge is -2.29. The molecule has 128 valence electrons. The number of ether oxygens (including phenoxy) is 1. The van der Waals surface area contributed by atoms with Crippen molar-refractivity contribution in [1.29, 1.82) is 15.8 Å². The first kappa shape index (κ1) is 18.0. The maximum absolute atomic E-state index is 11.8. The number of anilines is 2. The molecular weight excluding hydrogens is 320 g/mol. The number of pyridine rings is 1. The Bertz CT molecular complexity index is 791. The molecule has 0 atom stereocenters. The van der Waals surface area contributed by atoms with Gasteiger partial charge in [0.25, 0.3) is 0 Å². The lowest BCUT2D eigenvalue weighted by molar-refractivity contribution is -0.347. The van der Waals surface area contributed by atoms with Crippen molar-refractivity contribution in [1.82, 2.24) is 0 Å². The van der Waals surface area contributed by atoms with Gasteiger partial charge in [-0.05, 0) is 19.8 Å². The van der Waals surface area contributed by atoms with Gasteiger partial charge in [-0.25, -0.2) is 4.98 Å². The monoisotopic (exact) mass is 339 g/mol. The number of carbonyl (C=O) groups is 1. The van der Waals surface area contributed by atoms with Gasteiger partial charge >= 0.3 is 5.97 Å². The van der Waals surface area contributed by atoms with E-state index in [0.29, 0.717) is 43.9 Å². The van der Waals surface area contributed by atoms with E-state index in [2.05, 4.69) is 11.1 Å². The molecule has 0 amide bonds. The third kappa shape index (κ3) is 3.62. The number of nitrogens with two attached hydrogens (primary N) is 1. The summed E-state index contributed by atoms with van der Waals surface area (Å²) in [5.41, 5.74) is 6.63. The molecule has 0 saturated carbocycles. The minimum atomic E-state index is -0.198. The normalized spacial score (nSPS) is 14.2. The zero-order valence-electron chi connectivity index (χ0n) is 14.0. The Morgan fingerprint density at radius 1 is 1.28 bits per heavy atom. The maximum Gasteiger partial charge on any atom is 0.309 e. The number of aromatic amines is 1. The molecule has 25 heavy (non-hydrogen) atoms. The highest BCUT2D eigenvalue weighted by atomic mass is 16.5. The number of esters is 1. The molecule has 1 fully saturated rings. The molecule has 0 radical (unpaired) electrons. The topological polar surface area (TPSA) is 141 Å². The van der Waals surface area contributed by atoms with Crippen LogP contribution in [0.3, 0.4) is 0 Å². The summed E-state index contributed by atoms with van der Waals surface area (Å²) in [6.45, 7) is 3.23. The van der Waals surface area contributed by atoms with Crippen LogP contribution in [0.2, 0.25) is 0 Å². The van der Waals surface area contributed by atoms with Crippen molar-refractivity contribution in [2.75, 3.05) is 30.3 Å². The summed E-state index contributed by atoms with van der Waals surface area (Å²) in [5.74, 6) is 0.271. The first-order valence-corrected chi connectivity index (χ1v) is 8.03. The zero-order chi connectivity index (χ0) is 18.4. The van der Waals surface area contributed by atoms with Gasteiger partial charge in [-0.15, -0.1) is 0 Å². The first-order chi connectivity index (χ1) is 12.1. The first-order valence-electron chi connectivity index (χ1n) is 8.03. The summed E-state index contributed by atoms with van der Waals surface area (Å²) in [4.78, 5) is 16.7. The molecule has 1 aromatic heterocycles. The Morgan fingerprint density at radius 2 is 1.92 bits per heavy atom.